The molecule has 0 aliphatic heterocycles. The Bertz CT molecular complexity index is 645. The average molecular weight is 277 g/mol. The summed E-state index contributed by atoms with van der Waals surface area (Å²) in [7, 11) is -2.56. The first-order valence-electron chi connectivity index (χ1n) is 5.76. The molecule has 2 N–H and O–H groups in total. The van der Waals surface area contributed by atoms with Crippen LogP contribution in [0.3, 0.4) is 0 Å². The van der Waals surface area contributed by atoms with Gasteiger partial charge in [0, 0.05) is 5.69 Å². The highest BCUT2D eigenvalue weighted by atomic mass is 32.2. The number of anilines is 1. The zero-order valence-corrected chi connectivity index (χ0v) is 11.6. The number of hydrogen-bond donors (Lipinski definition) is 2. The second-order valence-electron chi connectivity index (χ2n) is 4.34. The Morgan fingerprint density at radius 1 is 1.00 bits per heavy atom. The Morgan fingerprint density at radius 3 is 2.00 bits per heavy atom. The minimum Gasteiger partial charge on any atom is -0.457 e. The summed E-state index contributed by atoms with van der Waals surface area (Å²) in [6.45, 7) is 3.84. The highest BCUT2D eigenvalue weighted by Crippen LogP contribution is 2.30. The maximum atomic E-state index is 10.8. The number of rotatable bonds is 3. The molecule has 0 heterocycles. The summed E-state index contributed by atoms with van der Waals surface area (Å²) < 4.78 is 27.4. The lowest BCUT2D eigenvalue weighted by atomic mass is 10.1. The van der Waals surface area contributed by atoms with Gasteiger partial charge in [-0.25, -0.2) is 8.42 Å². The summed E-state index contributed by atoms with van der Waals surface area (Å²) in [4.78, 5) is 0.271. The molecule has 0 unspecified atom stereocenters. The zero-order chi connectivity index (χ0) is 14.0. The number of thiol groups is 1. The summed E-state index contributed by atoms with van der Waals surface area (Å²) in [5.41, 5.74) is 8.33. The van der Waals surface area contributed by atoms with E-state index in [1.807, 2.05) is 26.0 Å². The Morgan fingerprint density at radius 2 is 1.53 bits per heavy atom. The van der Waals surface area contributed by atoms with Crippen molar-refractivity contribution in [3.63, 3.8) is 0 Å². The van der Waals surface area contributed by atoms with Gasteiger partial charge in [-0.1, -0.05) is 0 Å². The number of ether oxygens (including phenoxy) is 1. The molecule has 0 aliphatic rings. The summed E-state index contributed by atoms with van der Waals surface area (Å²) in [5, 5.41) is 0. The fraction of sp³-hybridized carbons (Fsp3) is 0.143. The third kappa shape index (κ3) is 3.06. The van der Waals surface area contributed by atoms with Gasteiger partial charge in [-0.15, -0.1) is 0 Å². The minimum absolute atomic E-state index is 0.271. The molecule has 0 atom stereocenters. The predicted molar refractivity (Wildman–Crippen MR) is 75.4 cm³/mol. The number of nitrogens with two attached hydrogens (primary N) is 1. The maximum absolute atomic E-state index is 10.8. The molecule has 5 heteroatoms. The molecule has 0 spiro atoms. The zero-order valence-electron chi connectivity index (χ0n) is 10.7. The van der Waals surface area contributed by atoms with Gasteiger partial charge in [0.25, 0.3) is 0 Å². The standard InChI is InChI=1S/C14H15NO3S/c1-9-7-11(15)8-10(2)14(9)18-12-3-5-13(6-4-12)19(16)17/h3-8,19H,15H2,1-2H3. The topological polar surface area (TPSA) is 69.4 Å². The van der Waals surface area contributed by atoms with Crippen molar-refractivity contribution < 1.29 is 13.2 Å². The van der Waals surface area contributed by atoms with Gasteiger partial charge in [0.05, 0.1) is 4.90 Å². The third-order valence-electron chi connectivity index (χ3n) is 2.75. The largest absolute Gasteiger partial charge is 0.457 e. The van der Waals surface area contributed by atoms with E-state index in [2.05, 4.69) is 0 Å². The van der Waals surface area contributed by atoms with Crippen LogP contribution in [0.1, 0.15) is 11.1 Å². The number of benzene rings is 2. The predicted octanol–water partition coefficient (Wildman–Crippen LogP) is 2.65. The van der Waals surface area contributed by atoms with Crippen LogP contribution in [0, 0.1) is 13.8 Å². The smallest absolute Gasteiger partial charge is 0.168 e. The van der Waals surface area contributed by atoms with E-state index in [1.165, 1.54) is 12.1 Å². The molecule has 19 heavy (non-hydrogen) atoms. The van der Waals surface area contributed by atoms with Gasteiger partial charge >= 0.3 is 0 Å². The summed E-state index contributed by atoms with van der Waals surface area (Å²) in [6.07, 6.45) is 0. The SMILES string of the molecule is Cc1cc(N)cc(C)c1Oc1ccc([SH](=O)=O)cc1. The van der Waals surface area contributed by atoms with Crippen LogP contribution < -0.4 is 10.5 Å². The number of nitrogen functional groups attached to an aromatic ring is 1. The van der Waals surface area contributed by atoms with Crippen molar-refractivity contribution in [2.75, 3.05) is 5.73 Å². The molecule has 0 amide bonds. The molecule has 2 rings (SSSR count). The first kappa shape index (κ1) is 13.4. The van der Waals surface area contributed by atoms with Crippen LogP contribution >= 0.6 is 0 Å². The van der Waals surface area contributed by atoms with Gasteiger partial charge in [0.1, 0.15) is 11.5 Å². The lowest BCUT2D eigenvalue weighted by Crippen LogP contribution is -1.94. The second-order valence-corrected chi connectivity index (χ2v) is 5.37. The van der Waals surface area contributed by atoms with Gasteiger partial charge in [0.2, 0.25) is 0 Å². The molecule has 0 aliphatic carbocycles. The van der Waals surface area contributed by atoms with E-state index >= 15 is 0 Å². The molecule has 2 aromatic carbocycles. The Labute approximate surface area is 113 Å². The lowest BCUT2D eigenvalue weighted by molar-refractivity contribution is 0.475. The van der Waals surface area contributed by atoms with Crippen LogP contribution in [0.15, 0.2) is 41.3 Å². The third-order valence-corrected chi connectivity index (χ3v) is 3.47. The molecule has 100 valence electrons. The first-order chi connectivity index (χ1) is 8.97. The fourth-order valence-corrected chi connectivity index (χ4v) is 2.29. The van der Waals surface area contributed by atoms with Crippen LogP contribution in [0.2, 0.25) is 0 Å². The van der Waals surface area contributed by atoms with E-state index in [9.17, 15) is 8.42 Å². The van der Waals surface area contributed by atoms with Gasteiger partial charge in [0.15, 0.2) is 10.7 Å². The molecular formula is C14H15NO3S. The molecule has 4 nitrogen and oxygen atoms in total. The quantitative estimate of drug-likeness (QED) is 0.668. The van der Waals surface area contributed by atoms with E-state index in [0.717, 1.165) is 16.9 Å². The first-order valence-corrected chi connectivity index (χ1v) is 6.94. The van der Waals surface area contributed by atoms with Gasteiger partial charge < -0.3 is 10.5 Å². The summed E-state index contributed by atoms with van der Waals surface area (Å²) in [6, 6.07) is 9.98. The Hall–Kier alpha value is -2.01. The van der Waals surface area contributed by atoms with Gasteiger partial charge in [-0.05, 0) is 61.4 Å². The molecular weight excluding hydrogens is 262 g/mol. The number of aryl methyl sites for hydroxylation is 2. The van der Waals surface area contributed by atoms with Gasteiger partial charge in [-0.2, -0.15) is 0 Å². The molecule has 0 saturated heterocycles. The highest BCUT2D eigenvalue weighted by Gasteiger charge is 2.07. The van der Waals surface area contributed by atoms with E-state index < -0.39 is 10.7 Å². The van der Waals surface area contributed by atoms with Crippen molar-refractivity contribution in [1.82, 2.24) is 0 Å². The van der Waals surface area contributed by atoms with Crippen LogP contribution in [0.25, 0.3) is 0 Å². The Kier molecular flexibility index (Phi) is 3.76. The average Bonchev–Trinajstić information content (AvgIpc) is 2.34. The van der Waals surface area contributed by atoms with Crippen molar-refractivity contribution in [3.05, 3.63) is 47.5 Å². The molecule has 0 bridgehead atoms. The summed E-state index contributed by atoms with van der Waals surface area (Å²) >= 11 is 0. The van der Waals surface area contributed by atoms with Crippen LogP contribution in [-0.2, 0) is 10.7 Å². The lowest BCUT2D eigenvalue weighted by Gasteiger charge is -2.12. The van der Waals surface area contributed by atoms with E-state index in [4.69, 9.17) is 10.5 Å². The monoisotopic (exact) mass is 277 g/mol. The van der Waals surface area contributed by atoms with Crippen molar-refractivity contribution >= 4 is 16.4 Å². The Balaban J connectivity index is 2.31. The molecule has 2 aromatic rings. The van der Waals surface area contributed by atoms with E-state index in [-0.39, 0.29) is 4.90 Å². The van der Waals surface area contributed by atoms with E-state index in [0.29, 0.717) is 11.4 Å². The normalized spacial score (nSPS) is 10.7. The van der Waals surface area contributed by atoms with Crippen molar-refractivity contribution in [2.24, 2.45) is 0 Å². The second kappa shape index (κ2) is 5.32. The summed E-state index contributed by atoms with van der Waals surface area (Å²) in [5.74, 6) is 1.34. The van der Waals surface area contributed by atoms with E-state index in [1.54, 1.807) is 12.1 Å². The minimum atomic E-state index is -2.56. The van der Waals surface area contributed by atoms with Crippen LogP contribution in [0.5, 0.6) is 11.5 Å². The molecule has 0 fully saturated rings. The molecule has 0 aromatic heterocycles. The van der Waals surface area contributed by atoms with Crippen LogP contribution in [-0.4, -0.2) is 8.42 Å². The van der Waals surface area contributed by atoms with Crippen molar-refractivity contribution in [2.45, 2.75) is 18.7 Å². The van der Waals surface area contributed by atoms with Crippen molar-refractivity contribution in [1.29, 1.82) is 0 Å². The molecule has 0 saturated carbocycles. The number of hydrogen-bond acceptors (Lipinski definition) is 4. The molecule has 0 radical (unpaired) electrons. The van der Waals surface area contributed by atoms with Crippen LogP contribution in [0.4, 0.5) is 5.69 Å². The highest BCUT2D eigenvalue weighted by molar-refractivity contribution is 7.72. The fourth-order valence-electron chi connectivity index (χ4n) is 1.90. The maximum Gasteiger partial charge on any atom is 0.168 e. The van der Waals surface area contributed by atoms with Gasteiger partial charge in [-0.3, -0.25) is 0 Å². The van der Waals surface area contributed by atoms with Crippen molar-refractivity contribution in [3.8, 4) is 11.5 Å².